The van der Waals surface area contributed by atoms with Gasteiger partial charge in [0.15, 0.2) is 12.4 Å². The van der Waals surface area contributed by atoms with Crippen molar-refractivity contribution in [3.8, 4) is 0 Å². The molecule has 1 aliphatic heterocycles. The van der Waals surface area contributed by atoms with Gasteiger partial charge in [-0.15, -0.1) is 0 Å². The number of aryl methyl sites for hydroxylation is 1. The topological polar surface area (TPSA) is 316 Å². The van der Waals surface area contributed by atoms with Crippen LogP contribution in [0, 0.1) is 6.92 Å². The summed E-state index contributed by atoms with van der Waals surface area (Å²) < 4.78 is 35.4. The number of hydrogen-bond acceptors (Lipinski definition) is 14. The Bertz CT molecular complexity index is 1100. The molecule has 1 aromatic rings. The quantitative estimate of drug-likeness (QED) is 0.0865. The number of rotatable bonds is 11. The third-order valence-electron chi connectivity index (χ3n) is 4.71. The van der Waals surface area contributed by atoms with E-state index in [2.05, 4.69) is 13.8 Å². The number of aldehydes is 1. The molecule has 1 aliphatic rings. The molecule has 0 spiro atoms. The van der Waals surface area contributed by atoms with Crippen molar-refractivity contribution in [3.63, 3.8) is 0 Å². The van der Waals surface area contributed by atoms with Crippen molar-refractivity contribution in [1.29, 1.82) is 0 Å². The number of carbonyl (C=O) groups excluding carboxylic acids is 1. The van der Waals surface area contributed by atoms with Gasteiger partial charge in [0.05, 0.1) is 19.3 Å². The molecule has 10 N–H and O–H groups in total. The standard InChI is InChI=1S/C10H14N2O5.C6H14O12P2/c1-5-3-12(10(16)11-9(5)15)8-2-6(14)7(4-13)17-8;7-1-3(9)5(10)6(11)4(2-8)17-20(15,16)18-19(12,13)14/h3,6-8,13-14H,2,4H2,1H3,(H,11,15,16);2-7,9-11H,1H2,(H,15,16)(H2,12,13,14)/t6-,7+,8+;3-,4+,5-,6-/m01/s1. The SMILES string of the molecule is Cc1cn([C@H]2C[C@H](O)[C@@H](CO)O2)c(=O)[nH]c1=O.O=C[C@H](OP(=O)(O)OP(=O)(O)O)[C@@H](O)[C@H](O)[C@H](O)CO. The van der Waals surface area contributed by atoms with Crippen LogP contribution in [-0.2, 0) is 27.5 Å². The number of phosphoric ester groups is 1. The average Bonchev–Trinajstić information content (AvgIpc) is 3.17. The molecular formula is C16H28N2O17P2. The van der Waals surface area contributed by atoms with Gasteiger partial charge in [0.2, 0.25) is 0 Å². The van der Waals surface area contributed by atoms with Crippen LogP contribution in [-0.4, -0.2) is 111 Å². The van der Waals surface area contributed by atoms with Crippen LogP contribution in [0.4, 0.5) is 0 Å². The van der Waals surface area contributed by atoms with Crippen molar-refractivity contribution in [2.75, 3.05) is 13.2 Å². The van der Waals surface area contributed by atoms with E-state index >= 15 is 0 Å². The lowest BCUT2D eigenvalue weighted by Crippen LogP contribution is -2.47. The summed E-state index contributed by atoms with van der Waals surface area (Å²) in [5, 5.41) is 54.7. The number of aliphatic hydroxyl groups excluding tert-OH is 6. The molecule has 2 heterocycles. The van der Waals surface area contributed by atoms with Crippen molar-refractivity contribution < 1.29 is 72.8 Å². The van der Waals surface area contributed by atoms with Gasteiger partial charge in [-0.25, -0.2) is 13.9 Å². The lowest BCUT2D eigenvalue weighted by atomic mass is 10.0. The number of aliphatic hydroxyl groups is 6. The minimum absolute atomic E-state index is 0.205. The fraction of sp³-hybridized carbons (Fsp3) is 0.688. The van der Waals surface area contributed by atoms with Crippen LogP contribution < -0.4 is 11.2 Å². The molecule has 2 rings (SSSR count). The highest BCUT2D eigenvalue weighted by Gasteiger charge is 2.40. The number of carbonyl (C=O) groups is 1. The van der Waals surface area contributed by atoms with E-state index < -0.39 is 76.4 Å². The fourth-order valence-electron chi connectivity index (χ4n) is 2.86. The van der Waals surface area contributed by atoms with E-state index in [9.17, 15) is 38.8 Å². The summed E-state index contributed by atoms with van der Waals surface area (Å²) in [4.78, 5) is 61.1. The normalized spacial score (nSPS) is 24.8. The first kappa shape index (κ1) is 33.4. The predicted molar refractivity (Wildman–Crippen MR) is 117 cm³/mol. The maximum Gasteiger partial charge on any atom is 0.481 e. The van der Waals surface area contributed by atoms with Crippen molar-refractivity contribution in [1.82, 2.24) is 9.55 Å². The van der Waals surface area contributed by atoms with Gasteiger partial charge in [0.1, 0.15) is 30.6 Å². The summed E-state index contributed by atoms with van der Waals surface area (Å²) in [6, 6.07) is 0. The van der Waals surface area contributed by atoms with Gasteiger partial charge < -0.3 is 54.9 Å². The summed E-state index contributed by atoms with van der Waals surface area (Å²) in [5.41, 5.74) is -0.643. The Balaban J connectivity index is 0.000000373. The van der Waals surface area contributed by atoms with Crippen LogP contribution in [0.5, 0.6) is 0 Å². The molecule has 1 aromatic heterocycles. The summed E-state index contributed by atoms with van der Waals surface area (Å²) in [6.07, 6.45) is -9.40. The fourth-order valence-corrected chi connectivity index (χ4v) is 4.57. The number of nitrogens with zero attached hydrogens (tertiary/aromatic N) is 1. The lowest BCUT2D eigenvalue weighted by molar-refractivity contribution is -0.134. The number of phosphoric acid groups is 2. The molecule has 0 aliphatic carbocycles. The van der Waals surface area contributed by atoms with Crippen molar-refractivity contribution in [3.05, 3.63) is 32.6 Å². The minimum atomic E-state index is -5.43. The number of aromatic amines is 1. The lowest BCUT2D eigenvalue weighted by Gasteiger charge is -2.26. The van der Waals surface area contributed by atoms with E-state index in [0.717, 1.165) is 0 Å². The van der Waals surface area contributed by atoms with Gasteiger partial charge in [-0.05, 0) is 6.92 Å². The van der Waals surface area contributed by atoms with Crippen molar-refractivity contribution in [2.45, 2.75) is 56.2 Å². The summed E-state index contributed by atoms with van der Waals surface area (Å²) in [5.74, 6) is 0. The maximum atomic E-state index is 11.6. The van der Waals surface area contributed by atoms with E-state index in [1.54, 1.807) is 6.92 Å². The Morgan fingerprint density at radius 2 is 1.78 bits per heavy atom. The Morgan fingerprint density at radius 3 is 2.24 bits per heavy atom. The van der Waals surface area contributed by atoms with Crippen LogP contribution in [0.15, 0.2) is 15.8 Å². The molecular weight excluding hydrogens is 554 g/mol. The van der Waals surface area contributed by atoms with E-state index in [1.165, 1.54) is 10.8 Å². The summed E-state index contributed by atoms with van der Waals surface area (Å²) >= 11 is 0. The largest absolute Gasteiger partial charge is 0.481 e. The van der Waals surface area contributed by atoms with Crippen molar-refractivity contribution in [2.24, 2.45) is 0 Å². The third-order valence-corrected chi connectivity index (χ3v) is 6.89. The minimum Gasteiger partial charge on any atom is -0.394 e. The van der Waals surface area contributed by atoms with Gasteiger partial charge in [-0.1, -0.05) is 0 Å². The number of nitrogens with one attached hydrogen (secondary N) is 1. The van der Waals surface area contributed by atoms with Gasteiger partial charge in [0, 0.05) is 18.2 Å². The van der Waals surface area contributed by atoms with E-state index in [4.69, 9.17) is 34.7 Å². The van der Waals surface area contributed by atoms with Crippen LogP contribution in [0.1, 0.15) is 18.2 Å². The first-order valence-electron chi connectivity index (χ1n) is 10.1. The molecule has 0 saturated carbocycles. The molecule has 0 amide bonds. The zero-order chi connectivity index (χ0) is 28.7. The number of H-pyrrole nitrogens is 1. The molecule has 1 fully saturated rings. The van der Waals surface area contributed by atoms with Gasteiger partial charge in [-0.2, -0.15) is 4.31 Å². The van der Waals surface area contributed by atoms with E-state index in [0.29, 0.717) is 5.56 Å². The second-order valence-corrected chi connectivity index (χ2v) is 10.4. The summed E-state index contributed by atoms with van der Waals surface area (Å²) in [6.45, 7) is 0.262. The number of aromatic nitrogens is 2. The molecule has 1 unspecified atom stereocenters. The average molecular weight is 582 g/mol. The van der Waals surface area contributed by atoms with Crippen LogP contribution in [0.2, 0.25) is 0 Å². The maximum absolute atomic E-state index is 11.6. The monoisotopic (exact) mass is 582 g/mol. The van der Waals surface area contributed by atoms with Crippen LogP contribution in [0.3, 0.4) is 0 Å². The second-order valence-electron chi connectivity index (χ2n) is 7.57. The zero-order valence-corrected chi connectivity index (χ0v) is 20.7. The predicted octanol–water partition coefficient (Wildman–Crippen LogP) is -4.66. The molecule has 214 valence electrons. The zero-order valence-electron chi connectivity index (χ0n) is 19.0. The Kier molecular flexibility index (Phi) is 12.6. The molecule has 37 heavy (non-hydrogen) atoms. The van der Waals surface area contributed by atoms with E-state index in [-0.39, 0.29) is 19.3 Å². The van der Waals surface area contributed by atoms with Crippen LogP contribution >= 0.6 is 15.6 Å². The first-order chi connectivity index (χ1) is 17.0. The molecule has 21 heteroatoms. The molecule has 8 atom stereocenters. The second kappa shape index (κ2) is 13.9. The highest BCUT2D eigenvalue weighted by molar-refractivity contribution is 7.60. The summed E-state index contributed by atoms with van der Waals surface area (Å²) in [7, 11) is -10.8. The van der Waals surface area contributed by atoms with Crippen molar-refractivity contribution >= 4 is 21.9 Å². The highest BCUT2D eigenvalue weighted by atomic mass is 31.3. The Labute approximate surface area is 207 Å². The molecule has 1 saturated heterocycles. The number of hydrogen-bond donors (Lipinski definition) is 10. The third kappa shape index (κ3) is 10.2. The Morgan fingerprint density at radius 1 is 1.19 bits per heavy atom. The van der Waals surface area contributed by atoms with Gasteiger partial charge >= 0.3 is 21.3 Å². The smallest absolute Gasteiger partial charge is 0.394 e. The molecule has 0 radical (unpaired) electrons. The number of ether oxygens (including phenoxy) is 1. The molecule has 0 bridgehead atoms. The van der Waals surface area contributed by atoms with Gasteiger partial charge in [0.25, 0.3) is 5.56 Å². The van der Waals surface area contributed by atoms with Crippen LogP contribution in [0.25, 0.3) is 0 Å². The molecule has 0 aromatic carbocycles. The Hall–Kier alpha value is -1.67. The van der Waals surface area contributed by atoms with Gasteiger partial charge in [-0.3, -0.25) is 18.9 Å². The highest BCUT2D eigenvalue weighted by Crippen LogP contribution is 2.58. The van der Waals surface area contributed by atoms with E-state index in [1.807, 2.05) is 0 Å². The first-order valence-corrected chi connectivity index (χ1v) is 13.1. The molecule has 19 nitrogen and oxygen atoms in total.